The summed E-state index contributed by atoms with van der Waals surface area (Å²) in [6.45, 7) is 9.55. The van der Waals surface area contributed by atoms with Crippen molar-refractivity contribution in [2.45, 2.75) is 38.5 Å². The SMILES string of the molecule is CC1(C)c2ccccc2-c2sc3c(ccc4c5c(n(-c6ccc(-c7nc(-c8ccccc8)nc(-c8ccccc8)n7)cc6)c43)-c3ccccc3C5(C)C)c21. The molecule has 0 saturated carbocycles. The second-order valence-corrected chi connectivity index (χ2v) is 16.7. The number of fused-ring (bicyclic) bond motifs is 11. The molecule has 0 amide bonds. The molecule has 5 heteroatoms. The topological polar surface area (TPSA) is 43.6 Å². The maximum atomic E-state index is 5.02. The molecule has 0 fully saturated rings. The van der Waals surface area contributed by atoms with Crippen LogP contribution in [-0.2, 0) is 10.8 Å². The molecule has 0 aliphatic heterocycles. The first-order valence-corrected chi connectivity index (χ1v) is 19.4. The van der Waals surface area contributed by atoms with Gasteiger partial charge in [0.2, 0.25) is 0 Å². The molecule has 0 saturated heterocycles. The summed E-state index contributed by atoms with van der Waals surface area (Å²) in [6.07, 6.45) is 0. The Balaban J connectivity index is 1.15. The molecule has 0 N–H and O–H groups in total. The fourth-order valence-corrected chi connectivity index (χ4v) is 10.8. The van der Waals surface area contributed by atoms with Gasteiger partial charge in [-0.3, -0.25) is 0 Å². The summed E-state index contributed by atoms with van der Waals surface area (Å²) < 4.78 is 3.90. The van der Waals surface area contributed by atoms with E-state index in [-0.39, 0.29) is 10.8 Å². The number of benzene rings is 6. The number of hydrogen-bond acceptors (Lipinski definition) is 4. The highest BCUT2D eigenvalue weighted by Crippen LogP contribution is 2.59. The lowest BCUT2D eigenvalue weighted by Crippen LogP contribution is -2.15. The molecule has 3 aromatic heterocycles. The Morgan fingerprint density at radius 1 is 0.463 bits per heavy atom. The molecule has 6 aromatic carbocycles. The molecule has 0 bridgehead atoms. The molecule has 0 radical (unpaired) electrons. The Hall–Kier alpha value is -6.17. The van der Waals surface area contributed by atoms with Gasteiger partial charge in [-0.2, -0.15) is 0 Å². The minimum absolute atomic E-state index is 0.0761. The number of rotatable bonds is 4. The van der Waals surface area contributed by atoms with Crippen molar-refractivity contribution in [2.75, 3.05) is 0 Å². The lowest BCUT2D eigenvalue weighted by Gasteiger charge is -2.22. The molecule has 4 nitrogen and oxygen atoms in total. The Labute approximate surface area is 318 Å². The molecule has 3 heterocycles. The van der Waals surface area contributed by atoms with E-state index in [4.69, 9.17) is 15.0 Å². The predicted octanol–water partition coefficient (Wildman–Crippen LogP) is 12.6. The zero-order chi connectivity index (χ0) is 36.3. The van der Waals surface area contributed by atoms with Crippen LogP contribution >= 0.6 is 11.3 Å². The third-order valence-electron chi connectivity index (χ3n) is 11.8. The molecular weight excluding hydrogens is 677 g/mol. The van der Waals surface area contributed by atoms with Crippen LogP contribution in [0.3, 0.4) is 0 Å². The number of nitrogens with zero attached hydrogens (tertiary/aromatic N) is 4. The van der Waals surface area contributed by atoms with Crippen LogP contribution < -0.4 is 0 Å². The average molecular weight is 713 g/mol. The monoisotopic (exact) mass is 712 g/mol. The fourth-order valence-electron chi connectivity index (χ4n) is 9.31. The lowest BCUT2D eigenvalue weighted by atomic mass is 9.80. The minimum atomic E-state index is -0.151. The van der Waals surface area contributed by atoms with Gasteiger partial charge in [-0.15, -0.1) is 11.3 Å². The predicted molar refractivity (Wildman–Crippen MR) is 223 cm³/mol. The lowest BCUT2D eigenvalue weighted by molar-refractivity contribution is 0.666. The molecule has 9 aromatic rings. The quantitative estimate of drug-likeness (QED) is 0.182. The zero-order valence-corrected chi connectivity index (χ0v) is 31.4. The smallest absolute Gasteiger partial charge is 0.164 e. The normalized spacial score (nSPS) is 14.6. The van der Waals surface area contributed by atoms with Gasteiger partial charge in [-0.1, -0.05) is 149 Å². The summed E-state index contributed by atoms with van der Waals surface area (Å²) in [5, 5.41) is 2.68. The first-order chi connectivity index (χ1) is 26.3. The van der Waals surface area contributed by atoms with Crippen LogP contribution in [0.1, 0.15) is 49.9 Å². The molecule has 0 unspecified atom stereocenters. The number of thiophene rings is 1. The fraction of sp³-hybridized carbons (Fsp3) is 0.122. The third-order valence-corrected chi connectivity index (χ3v) is 13.1. The van der Waals surface area contributed by atoms with Gasteiger partial charge in [0.25, 0.3) is 0 Å². The van der Waals surface area contributed by atoms with Crippen LogP contribution in [0.2, 0.25) is 0 Å². The summed E-state index contributed by atoms with van der Waals surface area (Å²) in [7, 11) is 0. The highest BCUT2D eigenvalue weighted by molar-refractivity contribution is 7.23. The van der Waals surface area contributed by atoms with Gasteiger partial charge in [0.15, 0.2) is 17.5 Å². The summed E-state index contributed by atoms with van der Waals surface area (Å²) >= 11 is 1.96. The van der Waals surface area contributed by atoms with Gasteiger partial charge in [-0.25, -0.2) is 15.0 Å². The summed E-state index contributed by atoms with van der Waals surface area (Å²) in [6, 6.07) is 51.9. The van der Waals surface area contributed by atoms with Crippen molar-refractivity contribution in [3.05, 3.63) is 168 Å². The van der Waals surface area contributed by atoms with Crippen LogP contribution in [0.5, 0.6) is 0 Å². The molecule has 0 atom stereocenters. The van der Waals surface area contributed by atoms with Crippen LogP contribution in [0.4, 0.5) is 0 Å². The Kier molecular flexibility index (Phi) is 6.49. The molecule has 54 heavy (non-hydrogen) atoms. The second kappa shape index (κ2) is 11.2. The van der Waals surface area contributed by atoms with E-state index in [9.17, 15) is 0 Å². The van der Waals surface area contributed by atoms with Gasteiger partial charge in [0.1, 0.15) is 0 Å². The average Bonchev–Trinajstić information content (AvgIpc) is 3.91. The van der Waals surface area contributed by atoms with Crippen LogP contribution in [0.15, 0.2) is 146 Å². The highest BCUT2D eigenvalue weighted by Gasteiger charge is 2.43. The van der Waals surface area contributed by atoms with Crippen molar-refractivity contribution in [1.29, 1.82) is 0 Å². The van der Waals surface area contributed by atoms with E-state index in [1.807, 2.05) is 47.7 Å². The van der Waals surface area contributed by atoms with Crippen molar-refractivity contribution in [1.82, 2.24) is 19.5 Å². The van der Waals surface area contributed by atoms with Gasteiger partial charge in [0, 0.05) is 49.0 Å². The van der Waals surface area contributed by atoms with E-state index in [2.05, 4.69) is 141 Å². The Morgan fingerprint density at radius 3 is 1.56 bits per heavy atom. The zero-order valence-electron chi connectivity index (χ0n) is 30.6. The van der Waals surface area contributed by atoms with E-state index in [1.165, 1.54) is 64.9 Å². The largest absolute Gasteiger partial charge is 0.307 e. The summed E-state index contributed by atoms with van der Waals surface area (Å²) in [5.41, 5.74) is 14.7. The van der Waals surface area contributed by atoms with Gasteiger partial charge < -0.3 is 4.57 Å². The van der Waals surface area contributed by atoms with E-state index in [0.29, 0.717) is 17.5 Å². The maximum Gasteiger partial charge on any atom is 0.164 e. The van der Waals surface area contributed by atoms with E-state index in [0.717, 1.165) is 22.4 Å². The molecule has 11 rings (SSSR count). The number of aromatic nitrogens is 4. The second-order valence-electron chi connectivity index (χ2n) is 15.6. The van der Waals surface area contributed by atoms with Gasteiger partial charge in [-0.05, 0) is 57.5 Å². The van der Waals surface area contributed by atoms with Crippen LogP contribution in [-0.4, -0.2) is 19.5 Å². The highest BCUT2D eigenvalue weighted by atomic mass is 32.1. The van der Waals surface area contributed by atoms with E-state index < -0.39 is 0 Å². The van der Waals surface area contributed by atoms with E-state index in [1.54, 1.807) is 0 Å². The van der Waals surface area contributed by atoms with Crippen molar-refractivity contribution in [2.24, 2.45) is 0 Å². The molecule has 258 valence electrons. The number of hydrogen-bond donors (Lipinski definition) is 0. The minimum Gasteiger partial charge on any atom is -0.307 e. The Morgan fingerprint density at radius 2 is 0.944 bits per heavy atom. The molecular formula is C49H36N4S. The van der Waals surface area contributed by atoms with Gasteiger partial charge >= 0.3 is 0 Å². The Bertz CT molecular complexity index is 2910. The molecule has 0 spiro atoms. The van der Waals surface area contributed by atoms with Crippen molar-refractivity contribution in [3.8, 4) is 61.5 Å². The summed E-state index contributed by atoms with van der Waals surface area (Å²) in [5.74, 6) is 1.98. The van der Waals surface area contributed by atoms with Crippen LogP contribution in [0, 0.1) is 0 Å². The first-order valence-electron chi connectivity index (χ1n) is 18.6. The standard InChI is InChI=1S/C49H36N4S/c1-48(2)37-21-13-11-19-33(37)41-39(48)35-27-28-36-40-43(34-20-12-14-22-38(34)49(40,3)4)54-44(36)42(35)53(41)32-25-23-31(24-26-32)47-51-45(29-15-7-5-8-16-29)50-46(52-47)30-17-9-6-10-18-30/h5-28H,1-4H3. The van der Waals surface area contributed by atoms with Crippen molar-refractivity contribution >= 4 is 32.3 Å². The summed E-state index contributed by atoms with van der Waals surface area (Å²) in [4.78, 5) is 16.4. The first kappa shape index (κ1) is 31.4. The van der Waals surface area contributed by atoms with Gasteiger partial charge in [0.05, 0.1) is 15.9 Å². The third kappa shape index (κ3) is 4.27. The molecule has 2 aliphatic rings. The van der Waals surface area contributed by atoms with Crippen LogP contribution in [0.25, 0.3) is 82.5 Å². The van der Waals surface area contributed by atoms with E-state index >= 15 is 0 Å². The van der Waals surface area contributed by atoms with Crippen molar-refractivity contribution < 1.29 is 0 Å². The van der Waals surface area contributed by atoms with Crippen molar-refractivity contribution in [3.63, 3.8) is 0 Å². The molecule has 2 aliphatic carbocycles. The maximum absolute atomic E-state index is 5.02.